The van der Waals surface area contributed by atoms with Gasteiger partial charge in [-0.3, -0.25) is 14.2 Å². The van der Waals surface area contributed by atoms with E-state index in [4.69, 9.17) is 11.6 Å². The molecule has 0 aliphatic carbocycles. The summed E-state index contributed by atoms with van der Waals surface area (Å²) in [6, 6.07) is 5.75. The molecular weight excluding hydrogens is 475 g/mol. The van der Waals surface area contributed by atoms with E-state index in [-0.39, 0.29) is 40.7 Å². The number of fused-ring (bicyclic) bond motifs is 1. The van der Waals surface area contributed by atoms with Crippen molar-refractivity contribution in [2.24, 2.45) is 0 Å². The van der Waals surface area contributed by atoms with E-state index in [1.807, 2.05) is 18.9 Å². The molecular formula is C24H26ClFN6O3. The number of halogens is 2. The van der Waals surface area contributed by atoms with E-state index in [1.165, 1.54) is 30.7 Å². The first-order valence-electron chi connectivity index (χ1n) is 11.2. The monoisotopic (exact) mass is 500 g/mol. The van der Waals surface area contributed by atoms with Gasteiger partial charge in [-0.15, -0.1) is 0 Å². The number of aromatic nitrogens is 3. The summed E-state index contributed by atoms with van der Waals surface area (Å²) in [6.07, 6.45) is 2.65. The molecule has 184 valence electrons. The van der Waals surface area contributed by atoms with Gasteiger partial charge in [-0.2, -0.15) is 0 Å². The Morgan fingerprint density at radius 1 is 1.34 bits per heavy atom. The van der Waals surface area contributed by atoms with Gasteiger partial charge in [0.05, 0.1) is 17.4 Å². The van der Waals surface area contributed by atoms with E-state index < -0.39 is 17.8 Å². The molecule has 0 spiro atoms. The summed E-state index contributed by atoms with van der Waals surface area (Å²) < 4.78 is 16.3. The van der Waals surface area contributed by atoms with Gasteiger partial charge in [-0.25, -0.2) is 14.4 Å². The quantitative estimate of drug-likeness (QED) is 0.476. The lowest BCUT2D eigenvalue weighted by atomic mass is 10.0. The van der Waals surface area contributed by atoms with Crippen molar-refractivity contribution in [3.05, 3.63) is 63.5 Å². The molecule has 11 heteroatoms. The molecule has 35 heavy (non-hydrogen) atoms. The van der Waals surface area contributed by atoms with Crippen molar-refractivity contribution in [3.8, 4) is 11.1 Å². The SMILES string of the molecule is CC(O)CNC(=O)c1cncnc1Nc1cc(-c2cc(Cl)ccc2F)c(=O)n2c1N(C)C(C)CC2. The molecule has 9 nitrogen and oxygen atoms in total. The second-order valence-corrected chi connectivity index (χ2v) is 9.03. The number of carbonyl (C=O) groups is 1. The number of aliphatic hydroxyl groups excluding tert-OH is 1. The van der Waals surface area contributed by atoms with Gasteiger partial charge in [0.1, 0.15) is 29.3 Å². The fraction of sp³-hybridized carbons (Fsp3) is 0.333. The van der Waals surface area contributed by atoms with E-state index in [1.54, 1.807) is 17.6 Å². The van der Waals surface area contributed by atoms with Gasteiger partial charge >= 0.3 is 0 Å². The molecule has 2 atom stereocenters. The van der Waals surface area contributed by atoms with Crippen LogP contribution in [0.1, 0.15) is 30.6 Å². The molecule has 4 rings (SSSR count). The lowest BCUT2D eigenvalue weighted by molar-refractivity contribution is 0.0924. The number of nitrogens with zero attached hydrogens (tertiary/aromatic N) is 4. The molecule has 0 bridgehead atoms. The van der Waals surface area contributed by atoms with Gasteiger partial charge in [-0.1, -0.05) is 11.6 Å². The maximum atomic E-state index is 14.8. The summed E-state index contributed by atoms with van der Waals surface area (Å²) in [5.41, 5.74) is 0.493. The number of hydrogen-bond donors (Lipinski definition) is 3. The Balaban J connectivity index is 1.86. The lowest BCUT2D eigenvalue weighted by Gasteiger charge is -2.36. The van der Waals surface area contributed by atoms with Crippen molar-refractivity contribution in [3.63, 3.8) is 0 Å². The zero-order valence-electron chi connectivity index (χ0n) is 19.5. The molecule has 0 fully saturated rings. The Morgan fingerprint density at radius 3 is 2.86 bits per heavy atom. The van der Waals surface area contributed by atoms with Crippen LogP contribution in [0.15, 0.2) is 41.6 Å². The number of hydrogen-bond acceptors (Lipinski definition) is 7. The normalized spacial score (nSPS) is 15.9. The minimum absolute atomic E-state index is 0.0573. The predicted octanol–water partition coefficient (Wildman–Crippen LogP) is 3.18. The van der Waals surface area contributed by atoms with E-state index in [0.29, 0.717) is 23.1 Å². The van der Waals surface area contributed by atoms with Gasteiger partial charge in [0.2, 0.25) is 0 Å². The van der Waals surface area contributed by atoms with Crippen LogP contribution in [0.5, 0.6) is 0 Å². The highest BCUT2D eigenvalue weighted by molar-refractivity contribution is 6.30. The minimum atomic E-state index is -0.724. The molecule has 3 N–H and O–H groups in total. The number of rotatable bonds is 6. The highest BCUT2D eigenvalue weighted by Crippen LogP contribution is 2.36. The molecule has 1 aliphatic heterocycles. The fourth-order valence-electron chi connectivity index (χ4n) is 4.01. The molecule has 2 unspecified atom stereocenters. The molecule has 1 aliphatic rings. The van der Waals surface area contributed by atoms with Crippen molar-refractivity contribution in [2.45, 2.75) is 39.0 Å². The summed E-state index contributed by atoms with van der Waals surface area (Å²) in [7, 11) is 1.87. The smallest absolute Gasteiger partial charge is 0.260 e. The third-order valence-corrected chi connectivity index (χ3v) is 6.25. The van der Waals surface area contributed by atoms with Crippen LogP contribution in [0.4, 0.5) is 21.7 Å². The number of anilines is 3. The largest absolute Gasteiger partial charge is 0.392 e. The minimum Gasteiger partial charge on any atom is -0.392 e. The summed E-state index contributed by atoms with van der Waals surface area (Å²) in [6.45, 7) is 4.10. The topological polar surface area (TPSA) is 112 Å². The molecule has 1 aromatic carbocycles. The first-order chi connectivity index (χ1) is 16.7. The average Bonchev–Trinajstić information content (AvgIpc) is 2.83. The van der Waals surface area contributed by atoms with Crippen molar-refractivity contribution in [1.29, 1.82) is 0 Å². The third-order valence-electron chi connectivity index (χ3n) is 6.01. The van der Waals surface area contributed by atoms with Crippen LogP contribution >= 0.6 is 11.6 Å². The molecule has 1 amide bonds. The van der Waals surface area contributed by atoms with Crippen LogP contribution in [0.2, 0.25) is 5.02 Å². The highest BCUT2D eigenvalue weighted by atomic mass is 35.5. The van der Waals surface area contributed by atoms with Crippen LogP contribution in [0, 0.1) is 5.82 Å². The van der Waals surface area contributed by atoms with Crippen LogP contribution in [-0.2, 0) is 6.54 Å². The van der Waals surface area contributed by atoms with E-state index in [2.05, 4.69) is 20.6 Å². The zero-order valence-corrected chi connectivity index (χ0v) is 20.3. The second kappa shape index (κ2) is 10.0. The van der Waals surface area contributed by atoms with Crippen molar-refractivity contribution >= 4 is 34.8 Å². The van der Waals surface area contributed by atoms with Crippen molar-refractivity contribution < 1.29 is 14.3 Å². The highest BCUT2D eigenvalue weighted by Gasteiger charge is 2.27. The van der Waals surface area contributed by atoms with Crippen LogP contribution in [0.3, 0.4) is 0 Å². The van der Waals surface area contributed by atoms with Gasteiger partial charge in [0, 0.05) is 43.0 Å². The number of benzene rings is 1. The van der Waals surface area contributed by atoms with E-state index in [9.17, 15) is 19.1 Å². The summed E-state index contributed by atoms with van der Waals surface area (Å²) in [4.78, 5) is 36.3. The third kappa shape index (κ3) is 4.98. The maximum Gasteiger partial charge on any atom is 0.260 e. The first-order valence-corrected chi connectivity index (χ1v) is 11.5. The molecule has 0 radical (unpaired) electrons. The van der Waals surface area contributed by atoms with E-state index in [0.717, 1.165) is 6.42 Å². The van der Waals surface area contributed by atoms with Crippen molar-refractivity contribution in [1.82, 2.24) is 19.9 Å². The predicted molar refractivity (Wildman–Crippen MR) is 133 cm³/mol. The molecule has 0 saturated carbocycles. The average molecular weight is 501 g/mol. The number of nitrogens with one attached hydrogen (secondary N) is 2. The summed E-state index contributed by atoms with van der Waals surface area (Å²) in [5.74, 6) is -0.253. The standard InChI is InChI=1S/C24H26ClFN6O3/c1-13-6-7-32-23(31(13)3)20(9-17(24(32)35)16-8-15(25)4-5-19(16)26)30-21-18(11-27-12-29-21)22(34)28-10-14(2)33/h4-5,8-9,11-14,33H,6-7,10H2,1-3H3,(H,28,34)(H,27,29,30). The van der Waals surface area contributed by atoms with Gasteiger partial charge in [-0.05, 0) is 44.5 Å². The molecule has 2 aromatic heterocycles. The Bertz CT molecular complexity index is 1330. The Kier molecular flexibility index (Phi) is 7.04. The summed E-state index contributed by atoms with van der Waals surface area (Å²) >= 11 is 6.10. The van der Waals surface area contributed by atoms with Crippen LogP contribution < -0.4 is 21.1 Å². The Hall–Kier alpha value is -3.50. The van der Waals surface area contributed by atoms with Crippen LogP contribution in [0.25, 0.3) is 11.1 Å². The van der Waals surface area contributed by atoms with Gasteiger partial charge < -0.3 is 20.6 Å². The van der Waals surface area contributed by atoms with Gasteiger partial charge in [0.15, 0.2) is 0 Å². The molecule has 3 heterocycles. The number of aliphatic hydroxyl groups is 1. The van der Waals surface area contributed by atoms with Gasteiger partial charge in [0.25, 0.3) is 11.5 Å². The number of carbonyl (C=O) groups excluding carboxylic acids is 1. The first kappa shape index (κ1) is 24.6. The Morgan fingerprint density at radius 2 is 2.11 bits per heavy atom. The van der Waals surface area contributed by atoms with E-state index >= 15 is 0 Å². The number of pyridine rings is 1. The Labute approximate surface area is 206 Å². The fourth-order valence-corrected chi connectivity index (χ4v) is 4.18. The van der Waals surface area contributed by atoms with Crippen molar-refractivity contribution in [2.75, 3.05) is 23.8 Å². The summed E-state index contributed by atoms with van der Waals surface area (Å²) in [5, 5.41) is 15.6. The zero-order chi connectivity index (χ0) is 25.3. The lowest BCUT2D eigenvalue weighted by Crippen LogP contribution is -2.41. The van der Waals surface area contributed by atoms with Crippen LogP contribution in [-0.4, -0.2) is 51.3 Å². The maximum absolute atomic E-state index is 14.8. The second-order valence-electron chi connectivity index (χ2n) is 8.59. The number of amides is 1. The molecule has 3 aromatic rings. The molecule has 0 saturated heterocycles.